The number of aliphatic hydroxyl groups excluding tert-OH is 1. The van der Waals surface area contributed by atoms with Gasteiger partial charge in [0, 0.05) is 0 Å². The number of carbonyl (C=O) groups is 2. The lowest BCUT2D eigenvalue weighted by Crippen LogP contribution is -2.44. The second-order valence-electron chi connectivity index (χ2n) is 6.93. The van der Waals surface area contributed by atoms with Crippen molar-refractivity contribution in [1.82, 2.24) is 10.2 Å². The van der Waals surface area contributed by atoms with Crippen LogP contribution < -0.4 is 5.32 Å². The van der Waals surface area contributed by atoms with E-state index in [9.17, 15) is 23.5 Å². The molecule has 2 atom stereocenters. The van der Waals surface area contributed by atoms with Crippen LogP contribution in [0.1, 0.15) is 43.4 Å². The van der Waals surface area contributed by atoms with Crippen molar-refractivity contribution in [1.29, 1.82) is 0 Å². The minimum Gasteiger partial charge on any atom is -0.387 e. The Kier molecular flexibility index (Phi) is 5.74. The van der Waals surface area contributed by atoms with Crippen LogP contribution in [0.4, 0.5) is 13.6 Å². The number of urea groups is 1. The van der Waals surface area contributed by atoms with Gasteiger partial charge in [-0.15, -0.1) is 0 Å². The number of β-amino-alcohol motifs (C(OH)–C–C–N with tert-alkyl or cyclic N) is 1. The van der Waals surface area contributed by atoms with Crippen LogP contribution in [0.15, 0.2) is 48.5 Å². The summed E-state index contributed by atoms with van der Waals surface area (Å²) in [6.07, 6.45) is 0.606. The minimum absolute atomic E-state index is 0.272. The van der Waals surface area contributed by atoms with Crippen LogP contribution in [0.25, 0.3) is 0 Å². The van der Waals surface area contributed by atoms with Crippen LogP contribution in [-0.2, 0) is 10.3 Å². The fourth-order valence-corrected chi connectivity index (χ4v) is 3.47. The number of hydrogen-bond acceptors (Lipinski definition) is 3. The second kappa shape index (κ2) is 8.06. The normalized spacial score (nSPS) is 20.4. The van der Waals surface area contributed by atoms with Gasteiger partial charge in [0.05, 0.1) is 12.6 Å². The topological polar surface area (TPSA) is 69.6 Å². The lowest BCUT2D eigenvalue weighted by Gasteiger charge is -2.27. The smallest absolute Gasteiger partial charge is 0.325 e. The van der Waals surface area contributed by atoms with Crippen LogP contribution >= 0.6 is 0 Å². The van der Waals surface area contributed by atoms with E-state index in [4.69, 9.17) is 0 Å². The van der Waals surface area contributed by atoms with Gasteiger partial charge in [-0.2, -0.15) is 0 Å². The van der Waals surface area contributed by atoms with Crippen molar-refractivity contribution in [2.45, 2.75) is 37.8 Å². The molecule has 148 valence electrons. The maximum absolute atomic E-state index is 13.4. The van der Waals surface area contributed by atoms with E-state index < -0.39 is 35.2 Å². The molecule has 0 aromatic heterocycles. The SMILES string of the molecule is CCCCC1(c2ccc(F)cc2)NC(=O)N(CC(O)c2cccc(F)c2)C1=O. The predicted octanol–water partition coefficient (Wildman–Crippen LogP) is 3.64. The molecule has 1 fully saturated rings. The lowest BCUT2D eigenvalue weighted by atomic mass is 9.84. The van der Waals surface area contributed by atoms with Gasteiger partial charge in [0.2, 0.25) is 0 Å². The minimum atomic E-state index is -1.30. The molecule has 0 saturated carbocycles. The maximum atomic E-state index is 13.4. The molecule has 0 spiro atoms. The molecule has 0 radical (unpaired) electrons. The second-order valence-corrected chi connectivity index (χ2v) is 6.93. The highest BCUT2D eigenvalue weighted by molar-refractivity contribution is 6.07. The number of carbonyl (C=O) groups excluding carboxylic acids is 2. The van der Waals surface area contributed by atoms with Gasteiger partial charge >= 0.3 is 6.03 Å². The third kappa shape index (κ3) is 3.75. The third-order valence-electron chi connectivity index (χ3n) is 5.01. The number of amides is 3. The van der Waals surface area contributed by atoms with Crippen LogP contribution in [-0.4, -0.2) is 28.5 Å². The number of benzene rings is 2. The number of halogens is 2. The highest BCUT2D eigenvalue weighted by atomic mass is 19.1. The maximum Gasteiger partial charge on any atom is 0.325 e. The van der Waals surface area contributed by atoms with E-state index >= 15 is 0 Å². The van der Waals surface area contributed by atoms with Gasteiger partial charge in [-0.25, -0.2) is 13.6 Å². The number of unbranched alkanes of at least 4 members (excludes halogenated alkanes) is 1. The van der Waals surface area contributed by atoms with Crippen molar-refractivity contribution in [3.8, 4) is 0 Å². The van der Waals surface area contributed by atoms with E-state index in [2.05, 4.69) is 5.32 Å². The van der Waals surface area contributed by atoms with Crippen molar-refractivity contribution in [3.63, 3.8) is 0 Å². The summed E-state index contributed by atoms with van der Waals surface area (Å²) >= 11 is 0. The number of aliphatic hydroxyl groups is 1. The molecule has 1 aliphatic heterocycles. The van der Waals surface area contributed by atoms with Gasteiger partial charge in [-0.1, -0.05) is 44.0 Å². The molecule has 0 bridgehead atoms. The fraction of sp³-hybridized carbons (Fsp3) is 0.333. The molecule has 2 aromatic carbocycles. The molecule has 0 aliphatic carbocycles. The van der Waals surface area contributed by atoms with Crippen LogP contribution in [0.5, 0.6) is 0 Å². The quantitative estimate of drug-likeness (QED) is 0.712. The number of rotatable bonds is 7. The van der Waals surface area contributed by atoms with Crippen molar-refractivity contribution in [2.24, 2.45) is 0 Å². The molecule has 1 heterocycles. The number of nitrogens with zero attached hydrogens (tertiary/aromatic N) is 1. The molecule has 2 aromatic rings. The molecule has 1 aliphatic rings. The summed E-state index contributed by atoms with van der Waals surface area (Å²) < 4.78 is 26.8. The first-order valence-corrected chi connectivity index (χ1v) is 9.21. The Morgan fingerprint density at radius 1 is 1.11 bits per heavy atom. The average molecular weight is 388 g/mol. The van der Waals surface area contributed by atoms with Crippen molar-refractivity contribution >= 4 is 11.9 Å². The van der Waals surface area contributed by atoms with Gasteiger partial charge in [0.1, 0.15) is 17.2 Å². The molecular weight excluding hydrogens is 366 g/mol. The Hall–Kier alpha value is -2.80. The van der Waals surface area contributed by atoms with Gasteiger partial charge in [0.25, 0.3) is 5.91 Å². The van der Waals surface area contributed by atoms with Gasteiger partial charge in [-0.3, -0.25) is 9.69 Å². The molecule has 3 rings (SSSR count). The van der Waals surface area contributed by atoms with Crippen molar-refractivity contribution < 1.29 is 23.5 Å². The average Bonchev–Trinajstić information content (AvgIpc) is 2.92. The van der Waals surface area contributed by atoms with E-state index in [1.165, 1.54) is 42.5 Å². The third-order valence-corrected chi connectivity index (χ3v) is 5.01. The Morgan fingerprint density at radius 2 is 1.82 bits per heavy atom. The van der Waals surface area contributed by atoms with Crippen LogP contribution in [0.3, 0.4) is 0 Å². The van der Waals surface area contributed by atoms with Crippen LogP contribution in [0, 0.1) is 11.6 Å². The summed E-state index contributed by atoms with van der Waals surface area (Å²) in [6.45, 7) is 1.66. The summed E-state index contributed by atoms with van der Waals surface area (Å²) in [7, 11) is 0. The van der Waals surface area contributed by atoms with Gasteiger partial charge in [0.15, 0.2) is 0 Å². The summed E-state index contributed by atoms with van der Waals surface area (Å²) in [5, 5.41) is 13.1. The zero-order chi connectivity index (χ0) is 20.3. The Morgan fingerprint density at radius 3 is 2.46 bits per heavy atom. The van der Waals surface area contributed by atoms with Crippen LogP contribution in [0.2, 0.25) is 0 Å². The highest BCUT2D eigenvalue weighted by Gasteiger charge is 2.52. The summed E-state index contributed by atoms with van der Waals surface area (Å²) in [6, 6.07) is 10.2. The zero-order valence-electron chi connectivity index (χ0n) is 15.5. The van der Waals surface area contributed by atoms with E-state index in [1.807, 2.05) is 6.92 Å². The van der Waals surface area contributed by atoms with Crippen molar-refractivity contribution in [3.05, 3.63) is 71.3 Å². The van der Waals surface area contributed by atoms with E-state index in [0.29, 0.717) is 18.4 Å². The highest BCUT2D eigenvalue weighted by Crippen LogP contribution is 2.35. The monoisotopic (exact) mass is 388 g/mol. The zero-order valence-corrected chi connectivity index (χ0v) is 15.5. The predicted molar refractivity (Wildman–Crippen MR) is 99.2 cm³/mol. The van der Waals surface area contributed by atoms with Crippen molar-refractivity contribution in [2.75, 3.05) is 6.54 Å². The number of imide groups is 1. The summed E-state index contributed by atoms with van der Waals surface area (Å²) in [5.41, 5.74) is -0.542. The summed E-state index contributed by atoms with van der Waals surface area (Å²) in [5.74, 6) is -1.46. The first kappa shape index (κ1) is 19.9. The molecule has 28 heavy (non-hydrogen) atoms. The largest absolute Gasteiger partial charge is 0.387 e. The lowest BCUT2D eigenvalue weighted by molar-refractivity contribution is -0.133. The van der Waals surface area contributed by atoms with Gasteiger partial charge < -0.3 is 10.4 Å². The number of hydrogen-bond donors (Lipinski definition) is 2. The molecule has 3 amide bonds. The van der Waals surface area contributed by atoms with Gasteiger partial charge in [-0.05, 0) is 41.8 Å². The molecule has 5 nitrogen and oxygen atoms in total. The first-order chi connectivity index (χ1) is 13.4. The van der Waals surface area contributed by atoms with E-state index in [1.54, 1.807) is 0 Å². The molecule has 2 N–H and O–H groups in total. The van der Waals surface area contributed by atoms with E-state index in [-0.39, 0.29) is 12.1 Å². The molecule has 2 unspecified atom stereocenters. The van der Waals surface area contributed by atoms with E-state index in [0.717, 1.165) is 17.4 Å². The Bertz CT molecular complexity index is 872. The number of nitrogens with one attached hydrogen (secondary N) is 1. The first-order valence-electron chi connectivity index (χ1n) is 9.21. The standard InChI is InChI=1S/C21H22F2N2O3/c1-2-3-11-21(15-7-9-16(22)10-8-15)19(27)25(20(28)24-21)13-18(26)14-5-4-6-17(23)12-14/h4-10,12,18,26H,2-3,11,13H2,1H3,(H,24,28). The molecule has 1 saturated heterocycles. The molecular formula is C21H22F2N2O3. The summed E-state index contributed by atoms with van der Waals surface area (Å²) in [4.78, 5) is 26.7. The Balaban J connectivity index is 1.89. The molecule has 7 heteroatoms. The fourth-order valence-electron chi connectivity index (χ4n) is 3.47. The Labute approximate surface area is 162 Å².